The van der Waals surface area contributed by atoms with Crippen LogP contribution in [0.2, 0.25) is 0 Å². The van der Waals surface area contributed by atoms with Crippen LogP contribution in [0.3, 0.4) is 0 Å². The molecular weight excluding hydrogens is 290 g/mol. The summed E-state index contributed by atoms with van der Waals surface area (Å²) in [5.74, 6) is -0.138. The summed E-state index contributed by atoms with van der Waals surface area (Å²) < 4.78 is 1.23. The van der Waals surface area contributed by atoms with E-state index in [9.17, 15) is 4.79 Å². The maximum Gasteiger partial charge on any atom is 0.220 e. The first-order chi connectivity index (χ1) is 9.69. The normalized spacial score (nSPS) is 16.8. The Morgan fingerprint density at radius 2 is 2.20 bits per heavy atom. The first-order valence-electron chi connectivity index (χ1n) is 6.67. The van der Waals surface area contributed by atoms with Crippen LogP contribution in [0.1, 0.15) is 12.8 Å². The number of aromatic nitrogens is 1. The predicted molar refractivity (Wildman–Crippen MR) is 85.5 cm³/mol. The average Bonchev–Trinajstić information content (AvgIpc) is 2.91. The highest BCUT2D eigenvalue weighted by atomic mass is 32.2. The van der Waals surface area contributed by atoms with E-state index in [1.54, 1.807) is 23.1 Å². The third-order valence-electron chi connectivity index (χ3n) is 3.76. The van der Waals surface area contributed by atoms with Crippen LogP contribution in [0.5, 0.6) is 0 Å². The number of nitrogens with zero attached hydrogens (tertiary/aromatic N) is 2. The monoisotopic (exact) mass is 307 g/mol. The van der Waals surface area contributed by atoms with Crippen molar-refractivity contribution in [3.63, 3.8) is 0 Å². The van der Waals surface area contributed by atoms with Crippen LogP contribution in [0.4, 0.5) is 5.13 Å². The van der Waals surface area contributed by atoms with Gasteiger partial charge in [0.05, 0.1) is 10.2 Å². The van der Waals surface area contributed by atoms with Crippen LogP contribution >= 0.6 is 23.1 Å². The van der Waals surface area contributed by atoms with Gasteiger partial charge in [-0.3, -0.25) is 4.79 Å². The molecule has 0 radical (unpaired) electrons. The lowest BCUT2D eigenvalue weighted by molar-refractivity contribution is -0.122. The third-order valence-corrected chi connectivity index (χ3v) is 5.61. The fourth-order valence-corrected chi connectivity index (χ4v) is 4.24. The molecule has 2 heterocycles. The van der Waals surface area contributed by atoms with E-state index in [4.69, 9.17) is 10.7 Å². The van der Waals surface area contributed by atoms with Crippen LogP contribution in [0.15, 0.2) is 23.1 Å². The van der Waals surface area contributed by atoms with Gasteiger partial charge in [-0.25, -0.2) is 4.98 Å². The molecular formula is C14H17N3OS2. The Morgan fingerprint density at radius 1 is 1.45 bits per heavy atom. The minimum Gasteiger partial charge on any atom is -0.369 e. The number of piperidine rings is 1. The molecule has 1 amide bonds. The first-order valence-corrected chi connectivity index (χ1v) is 8.71. The van der Waals surface area contributed by atoms with Gasteiger partial charge in [0.1, 0.15) is 0 Å². The maximum absolute atomic E-state index is 11.2. The Bertz CT molecular complexity index is 632. The van der Waals surface area contributed by atoms with E-state index in [1.165, 1.54) is 9.60 Å². The number of thiazole rings is 1. The zero-order valence-electron chi connectivity index (χ0n) is 11.3. The topological polar surface area (TPSA) is 59.2 Å². The predicted octanol–water partition coefficient (Wildman–Crippen LogP) is 2.72. The fraction of sp³-hybridized carbons (Fsp3) is 0.429. The second-order valence-corrected chi connectivity index (χ2v) is 6.82. The number of thioether (sulfide) groups is 1. The zero-order valence-corrected chi connectivity index (χ0v) is 13.0. The molecule has 2 aromatic rings. The number of carbonyl (C=O) groups excluding carboxylic acids is 1. The summed E-state index contributed by atoms with van der Waals surface area (Å²) in [4.78, 5) is 19.5. The number of anilines is 1. The molecule has 0 spiro atoms. The molecule has 1 aromatic heterocycles. The van der Waals surface area contributed by atoms with Crippen molar-refractivity contribution in [1.82, 2.24) is 4.98 Å². The van der Waals surface area contributed by atoms with Crippen molar-refractivity contribution in [3.8, 4) is 0 Å². The summed E-state index contributed by atoms with van der Waals surface area (Å²) in [6.45, 7) is 1.73. The summed E-state index contributed by atoms with van der Waals surface area (Å²) >= 11 is 3.46. The average molecular weight is 307 g/mol. The van der Waals surface area contributed by atoms with E-state index >= 15 is 0 Å². The molecule has 20 heavy (non-hydrogen) atoms. The fourth-order valence-electron chi connectivity index (χ4n) is 2.57. The molecule has 0 atom stereocenters. The van der Waals surface area contributed by atoms with Crippen LogP contribution < -0.4 is 10.6 Å². The van der Waals surface area contributed by atoms with E-state index in [1.807, 2.05) is 0 Å². The van der Waals surface area contributed by atoms with Gasteiger partial charge < -0.3 is 10.6 Å². The number of rotatable bonds is 3. The maximum atomic E-state index is 11.2. The highest BCUT2D eigenvalue weighted by molar-refractivity contribution is 7.98. The molecule has 1 aliphatic rings. The van der Waals surface area contributed by atoms with Crippen molar-refractivity contribution in [2.45, 2.75) is 17.7 Å². The Morgan fingerprint density at radius 3 is 2.85 bits per heavy atom. The van der Waals surface area contributed by atoms with E-state index in [-0.39, 0.29) is 11.8 Å². The van der Waals surface area contributed by atoms with E-state index in [0.29, 0.717) is 0 Å². The van der Waals surface area contributed by atoms with Gasteiger partial charge >= 0.3 is 0 Å². The quantitative estimate of drug-likeness (QED) is 0.886. The number of carbonyl (C=O) groups is 1. The third kappa shape index (κ3) is 2.50. The Labute approximate surface area is 126 Å². The van der Waals surface area contributed by atoms with Crippen molar-refractivity contribution in [3.05, 3.63) is 18.2 Å². The SMILES string of the molecule is CSc1cccc2sc(N3CCC(C(N)=O)CC3)nc12. The summed E-state index contributed by atoms with van der Waals surface area (Å²) in [6.07, 6.45) is 3.74. The van der Waals surface area contributed by atoms with Crippen LogP contribution in [-0.4, -0.2) is 30.2 Å². The zero-order chi connectivity index (χ0) is 14.1. The smallest absolute Gasteiger partial charge is 0.220 e. The standard InChI is InChI=1S/C14H17N3OS2/c1-19-10-3-2-4-11-12(10)16-14(20-11)17-7-5-9(6-8-17)13(15)18/h2-4,9H,5-8H2,1H3,(H2,15,18). The molecule has 2 N–H and O–H groups in total. The number of hydrogen-bond donors (Lipinski definition) is 1. The molecule has 0 unspecified atom stereocenters. The van der Waals surface area contributed by atoms with Gasteiger partial charge in [0.15, 0.2) is 5.13 Å². The Kier molecular flexibility index (Phi) is 3.85. The van der Waals surface area contributed by atoms with Gasteiger partial charge in [-0.2, -0.15) is 0 Å². The van der Waals surface area contributed by atoms with E-state index in [0.717, 1.165) is 36.6 Å². The molecule has 106 valence electrons. The summed E-state index contributed by atoms with van der Waals surface area (Å²) in [6, 6.07) is 6.30. The number of primary amides is 1. The molecule has 1 aromatic carbocycles. The van der Waals surface area contributed by atoms with Gasteiger partial charge in [0.2, 0.25) is 5.91 Å². The number of nitrogens with two attached hydrogens (primary N) is 1. The van der Waals surface area contributed by atoms with Gasteiger partial charge in [0, 0.05) is 23.9 Å². The summed E-state index contributed by atoms with van der Waals surface area (Å²) in [7, 11) is 0. The molecule has 4 nitrogen and oxygen atoms in total. The molecule has 0 saturated carbocycles. The van der Waals surface area contributed by atoms with Crippen molar-refractivity contribution in [2.75, 3.05) is 24.2 Å². The number of fused-ring (bicyclic) bond motifs is 1. The van der Waals surface area contributed by atoms with Crippen LogP contribution in [0.25, 0.3) is 10.2 Å². The molecule has 6 heteroatoms. The van der Waals surface area contributed by atoms with Crippen molar-refractivity contribution < 1.29 is 4.79 Å². The highest BCUT2D eigenvalue weighted by Crippen LogP contribution is 2.35. The van der Waals surface area contributed by atoms with Gasteiger partial charge in [0.25, 0.3) is 0 Å². The minimum absolute atomic E-state index is 0.0300. The minimum atomic E-state index is -0.168. The van der Waals surface area contributed by atoms with E-state index < -0.39 is 0 Å². The number of para-hydroxylation sites is 1. The molecule has 1 aliphatic heterocycles. The second kappa shape index (κ2) is 5.61. The molecule has 1 fully saturated rings. The molecule has 3 rings (SSSR count). The lowest BCUT2D eigenvalue weighted by Crippen LogP contribution is -2.38. The Hall–Kier alpha value is -1.27. The van der Waals surface area contributed by atoms with Crippen molar-refractivity contribution in [1.29, 1.82) is 0 Å². The van der Waals surface area contributed by atoms with Gasteiger partial charge in [-0.15, -0.1) is 11.8 Å². The van der Waals surface area contributed by atoms with Gasteiger partial charge in [-0.05, 0) is 31.2 Å². The number of hydrogen-bond acceptors (Lipinski definition) is 5. The summed E-state index contributed by atoms with van der Waals surface area (Å²) in [5, 5.41) is 1.06. The number of benzene rings is 1. The van der Waals surface area contributed by atoms with E-state index in [2.05, 4.69) is 29.4 Å². The molecule has 0 aliphatic carbocycles. The number of amides is 1. The molecule has 0 bridgehead atoms. The van der Waals surface area contributed by atoms with Crippen LogP contribution in [-0.2, 0) is 4.79 Å². The highest BCUT2D eigenvalue weighted by Gasteiger charge is 2.25. The lowest BCUT2D eigenvalue weighted by atomic mass is 9.97. The summed E-state index contributed by atoms with van der Waals surface area (Å²) in [5.41, 5.74) is 6.47. The van der Waals surface area contributed by atoms with Gasteiger partial charge in [-0.1, -0.05) is 17.4 Å². The van der Waals surface area contributed by atoms with Crippen molar-refractivity contribution in [2.24, 2.45) is 11.7 Å². The first kappa shape index (κ1) is 13.7. The van der Waals surface area contributed by atoms with Crippen molar-refractivity contribution >= 4 is 44.4 Å². The second-order valence-electron chi connectivity index (χ2n) is 4.97. The molecule has 1 saturated heterocycles. The van der Waals surface area contributed by atoms with Crippen LogP contribution in [0, 0.1) is 5.92 Å². The lowest BCUT2D eigenvalue weighted by Gasteiger charge is -2.30. The Balaban J connectivity index is 1.83. The largest absolute Gasteiger partial charge is 0.369 e.